The fraction of sp³-hybridized carbons (Fsp3) is 0.632. The lowest BCUT2D eigenvalue weighted by molar-refractivity contribution is -0.384. The number of hydrogen-bond acceptors (Lipinski definition) is 7. The van der Waals surface area contributed by atoms with Gasteiger partial charge in [-0.25, -0.2) is 0 Å². The summed E-state index contributed by atoms with van der Waals surface area (Å²) in [6.07, 6.45) is 2.94. The highest BCUT2D eigenvalue weighted by molar-refractivity contribution is 7.99. The molecule has 12 heteroatoms. The van der Waals surface area contributed by atoms with Crippen LogP contribution in [0.15, 0.2) is 24.3 Å². The molecular weight excluding hydrogens is 485 g/mol. The Morgan fingerprint density at radius 3 is 2.35 bits per heavy atom. The summed E-state index contributed by atoms with van der Waals surface area (Å²) < 4.78 is 0. The first-order valence-electron chi connectivity index (χ1n) is 9.95. The highest BCUT2D eigenvalue weighted by atomic mass is 35.5. The van der Waals surface area contributed by atoms with E-state index in [0.717, 1.165) is 62.8 Å². The summed E-state index contributed by atoms with van der Waals surface area (Å²) >= 11 is 1.82. The van der Waals surface area contributed by atoms with E-state index in [1.165, 1.54) is 0 Å². The van der Waals surface area contributed by atoms with Crippen LogP contribution in [0.2, 0.25) is 0 Å². The van der Waals surface area contributed by atoms with Crippen LogP contribution in [-0.4, -0.2) is 71.7 Å². The highest BCUT2D eigenvalue weighted by Crippen LogP contribution is 2.24. The van der Waals surface area contributed by atoms with Gasteiger partial charge in [0.1, 0.15) is 0 Å². The number of hydrogen-bond donors (Lipinski definition) is 2. The average Bonchev–Trinajstić information content (AvgIpc) is 3.40. The van der Waals surface area contributed by atoms with Crippen molar-refractivity contribution in [1.82, 2.24) is 15.5 Å². The molecule has 2 atom stereocenters. The van der Waals surface area contributed by atoms with E-state index < -0.39 is 0 Å². The van der Waals surface area contributed by atoms with Crippen molar-refractivity contribution >= 4 is 66.3 Å². The predicted octanol–water partition coefficient (Wildman–Crippen LogP) is 2.68. The van der Waals surface area contributed by atoms with Gasteiger partial charge in [-0.1, -0.05) is 0 Å². The largest absolute Gasteiger partial charge is 0.371 e. The van der Waals surface area contributed by atoms with Crippen molar-refractivity contribution in [1.29, 1.82) is 0 Å². The molecule has 3 fully saturated rings. The zero-order valence-electron chi connectivity index (χ0n) is 17.1. The van der Waals surface area contributed by atoms with Gasteiger partial charge in [0, 0.05) is 61.8 Å². The molecule has 3 saturated heterocycles. The molecule has 4 rings (SSSR count). The van der Waals surface area contributed by atoms with Crippen LogP contribution in [0.4, 0.5) is 11.4 Å². The van der Waals surface area contributed by atoms with Crippen LogP contribution in [0.3, 0.4) is 0 Å². The fourth-order valence-electron chi connectivity index (χ4n) is 4.28. The number of thioether (sulfide) groups is 1. The van der Waals surface area contributed by atoms with Gasteiger partial charge in [0.05, 0.1) is 16.8 Å². The monoisotopic (exact) mass is 513 g/mol. The number of benzene rings is 1. The summed E-state index contributed by atoms with van der Waals surface area (Å²) in [5.74, 6) is 2.13. The molecule has 0 aliphatic carbocycles. The number of anilines is 1. The minimum absolute atomic E-state index is 0. The van der Waals surface area contributed by atoms with Gasteiger partial charge in [-0.15, -0.1) is 49.0 Å². The Kier molecular flexibility index (Phi) is 11.7. The minimum atomic E-state index is -0.365. The summed E-state index contributed by atoms with van der Waals surface area (Å²) in [6.45, 7) is 3.59. The van der Waals surface area contributed by atoms with Crippen LogP contribution in [0.5, 0.6) is 0 Å². The van der Waals surface area contributed by atoms with Gasteiger partial charge in [0.15, 0.2) is 0 Å². The number of halogens is 3. The fourth-order valence-corrected chi connectivity index (χ4v) is 5.24. The predicted molar refractivity (Wildman–Crippen MR) is 132 cm³/mol. The molecule has 3 heterocycles. The third kappa shape index (κ3) is 7.00. The number of nitrogens with one attached hydrogen (secondary N) is 2. The molecule has 0 bridgehead atoms. The third-order valence-corrected chi connectivity index (χ3v) is 6.85. The molecule has 0 aromatic heterocycles. The summed E-state index contributed by atoms with van der Waals surface area (Å²) in [7, 11) is 0. The molecule has 0 unspecified atom stereocenters. The summed E-state index contributed by atoms with van der Waals surface area (Å²) in [5, 5.41) is 17.9. The number of nitro groups is 1. The number of non-ortho nitro benzene ring substituents is 1. The Morgan fingerprint density at radius 2 is 1.77 bits per heavy atom. The number of rotatable bonds is 5. The Balaban J connectivity index is 0.00000160. The smallest absolute Gasteiger partial charge is 0.269 e. The maximum atomic E-state index is 12.5. The van der Waals surface area contributed by atoms with E-state index in [1.807, 2.05) is 28.8 Å². The number of carbonyl (C=O) groups is 1. The number of amides is 1. The van der Waals surface area contributed by atoms with Crippen LogP contribution in [0.1, 0.15) is 19.3 Å². The van der Waals surface area contributed by atoms with Gasteiger partial charge in [-0.2, -0.15) is 0 Å². The van der Waals surface area contributed by atoms with Crippen molar-refractivity contribution in [3.8, 4) is 0 Å². The molecule has 1 aromatic rings. The van der Waals surface area contributed by atoms with Gasteiger partial charge < -0.3 is 20.4 Å². The second kappa shape index (κ2) is 12.9. The van der Waals surface area contributed by atoms with Crippen LogP contribution >= 0.6 is 49.0 Å². The first kappa shape index (κ1) is 28.1. The summed E-state index contributed by atoms with van der Waals surface area (Å²) in [4.78, 5) is 27.2. The van der Waals surface area contributed by atoms with E-state index in [2.05, 4.69) is 15.5 Å². The molecule has 2 N–H and O–H groups in total. The molecule has 0 radical (unpaired) electrons. The van der Waals surface area contributed by atoms with Crippen molar-refractivity contribution in [2.24, 2.45) is 0 Å². The van der Waals surface area contributed by atoms with Crippen molar-refractivity contribution in [2.75, 3.05) is 42.7 Å². The van der Waals surface area contributed by atoms with Crippen LogP contribution in [0.25, 0.3) is 0 Å². The zero-order valence-corrected chi connectivity index (χ0v) is 20.4. The quantitative estimate of drug-likeness (QED) is 0.461. The standard InChI is InChI=1S/C19H27N5O3S.3ClH/c25-19(23-9-10-28-13-23)18-11-15(12-20-18)21-14-5-7-22(8-6-14)16-1-3-17(4-2-16)24(26)27;;;/h1-4,14-15,18,20-21H,5-13H2;3*1H/t15-,18-;;;/m0.../s1. The van der Waals surface area contributed by atoms with Crippen LogP contribution in [0, 0.1) is 10.1 Å². The molecule has 1 aromatic carbocycles. The molecule has 8 nitrogen and oxygen atoms in total. The molecule has 176 valence electrons. The van der Waals surface area contributed by atoms with Gasteiger partial charge >= 0.3 is 0 Å². The molecule has 1 amide bonds. The number of nitrogens with zero attached hydrogens (tertiary/aromatic N) is 3. The highest BCUT2D eigenvalue weighted by Gasteiger charge is 2.34. The zero-order chi connectivity index (χ0) is 19.5. The molecule has 3 aliphatic heterocycles. The van der Waals surface area contributed by atoms with Gasteiger partial charge in [-0.05, 0) is 31.4 Å². The molecule has 0 saturated carbocycles. The lowest BCUT2D eigenvalue weighted by Gasteiger charge is -2.35. The summed E-state index contributed by atoms with van der Waals surface area (Å²) in [5.41, 5.74) is 1.17. The van der Waals surface area contributed by atoms with E-state index in [-0.39, 0.29) is 59.8 Å². The molecule has 0 spiro atoms. The van der Waals surface area contributed by atoms with Crippen molar-refractivity contribution in [2.45, 2.75) is 37.4 Å². The minimum Gasteiger partial charge on any atom is -0.371 e. The topological polar surface area (TPSA) is 90.8 Å². The number of nitro benzene ring substituents is 1. The number of piperidine rings is 1. The van der Waals surface area contributed by atoms with Crippen molar-refractivity contribution in [3.05, 3.63) is 34.4 Å². The second-order valence-electron chi connectivity index (χ2n) is 7.73. The van der Waals surface area contributed by atoms with Crippen LogP contribution in [-0.2, 0) is 4.79 Å². The lowest BCUT2D eigenvalue weighted by atomic mass is 10.0. The Hall–Kier alpha value is -0.970. The van der Waals surface area contributed by atoms with E-state index in [1.54, 1.807) is 12.1 Å². The third-order valence-electron chi connectivity index (χ3n) is 5.89. The molecular formula is C19H30Cl3N5O3S. The first-order chi connectivity index (χ1) is 13.6. The van der Waals surface area contributed by atoms with Crippen molar-refractivity contribution in [3.63, 3.8) is 0 Å². The van der Waals surface area contributed by atoms with E-state index in [0.29, 0.717) is 12.1 Å². The van der Waals surface area contributed by atoms with E-state index >= 15 is 0 Å². The summed E-state index contributed by atoms with van der Waals surface area (Å²) in [6, 6.07) is 7.56. The van der Waals surface area contributed by atoms with E-state index in [9.17, 15) is 14.9 Å². The van der Waals surface area contributed by atoms with E-state index in [4.69, 9.17) is 0 Å². The SMILES string of the molecule is Cl.Cl.Cl.O=C([C@@H]1C[C@H](NC2CCN(c3ccc([N+](=O)[O-])cc3)CC2)CN1)N1CCSC1. The number of carbonyl (C=O) groups excluding carboxylic acids is 1. The van der Waals surface area contributed by atoms with Crippen LogP contribution < -0.4 is 15.5 Å². The Labute approximate surface area is 205 Å². The average molecular weight is 515 g/mol. The normalized spacial score (nSPS) is 23.5. The first-order valence-corrected chi connectivity index (χ1v) is 11.1. The Bertz CT molecular complexity index is 716. The Morgan fingerprint density at radius 1 is 1.10 bits per heavy atom. The molecule has 31 heavy (non-hydrogen) atoms. The maximum absolute atomic E-state index is 12.5. The molecule has 3 aliphatic rings. The maximum Gasteiger partial charge on any atom is 0.269 e. The van der Waals surface area contributed by atoms with Gasteiger partial charge in [0.2, 0.25) is 5.91 Å². The van der Waals surface area contributed by atoms with Gasteiger partial charge in [-0.3, -0.25) is 14.9 Å². The van der Waals surface area contributed by atoms with Gasteiger partial charge in [0.25, 0.3) is 5.69 Å². The van der Waals surface area contributed by atoms with Crippen molar-refractivity contribution < 1.29 is 9.72 Å². The lowest BCUT2D eigenvalue weighted by Crippen LogP contribution is -2.47. The second-order valence-corrected chi connectivity index (χ2v) is 8.81.